The van der Waals surface area contributed by atoms with Crippen LogP contribution in [0.3, 0.4) is 0 Å². The number of fused-ring (bicyclic) bond motifs is 3. The molecule has 2 N–H and O–H groups in total. The number of nitrogens with two attached hydrogens (primary N) is 1. The number of nitrogen functional groups attached to an aromatic ring is 1. The monoisotopic (exact) mass is 450 g/mol. The number of ether oxygens (including phenoxy) is 2. The summed E-state index contributed by atoms with van der Waals surface area (Å²) in [7, 11) is 0. The minimum absolute atomic E-state index is 0.0517. The fourth-order valence-electron chi connectivity index (χ4n) is 5.56. The van der Waals surface area contributed by atoms with Crippen molar-refractivity contribution in [1.82, 2.24) is 23.9 Å². The van der Waals surface area contributed by atoms with Crippen molar-refractivity contribution >= 4 is 22.5 Å². The lowest BCUT2D eigenvalue weighted by atomic mass is 9.96. The molecule has 0 radical (unpaired) electrons. The maximum Gasteiger partial charge on any atom is 0.163 e. The van der Waals surface area contributed by atoms with E-state index >= 15 is 0 Å². The minimum Gasteiger partial charge on any atom is -0.383 e. The Labute approximate surface area is 190 Å². The molecule has 0 bridgehead atoms. The predicted octanol–water partition coefficient (Wildman–Crippen LogP) is 3.82. The standard InChI is InChI=1S/C24H27FN6O2/c1-13-10-27-19-9-14(17(25)11-31(13)19)4-5-15-8-18(21-20(15)32-24(2,3)33-21)30-7-6-16-22(26)28-12-29-23(16)30/h6-7,9-12,15,18,20-21H,4-5,8H2,1-3H3,(H2,26,28,29)/t15-,18+,20+,21-/m0/s1. The van der Waals surface area contributed by atoms with Gasteiger partial charge in [0.2, 0.25) is 0 Å². The minimum atomic E-state index is -0.666. The zero-order chi connectivity index (χ0) is 22.9. The van der Waals surface area contributed by atoms with Gasteiger partial charge in [0.25, 0.3) is 0 Å². The molecule has 2 fully saturated rings. The summed E-state index contributed by atoms with van der Waals surface area (Å²) in [6, 6.07) is 3.85. The van der Waals surface area contributed by atoms with Gasteiger partial charge >= 0.3 is 0 Å². The van der Waals surface area contributed by atoms with Crippen molar-refractivity contribution in [3.05, 3.63) is 54.1 Å². The Bertz CT molecular complexity index is 1360. The zero-order valence-electron chi connectivity index (χ0n) is 18.9. The highest BCUT2D eigenvalue weighted by molar-refractivity contribution is 5.86. The first-order valence-corrected chi connectivity index (χ1v) is 11.4. The van der Waals surface area contributed by atoms with Crippen LogP contribution in [0.25, 0.3) is 16.7 Å². The van der Waals surface area contributed by atoms with E-state index in [1.54, 1.807) is 10.6 Å². The third-order valence-electron chi connectivity index (χ3n) is 7.10. The summed E-state index contributed by atoms with van der Waals surface area (Å²) in [5.41, 5.74) is 9.21. The number of imidazole rings is 1. The second-order valence-electron chi connectivity index (χ2n) is 9.66. The van der Waals surface area contributed by atoms with Crippen LogP contribution in [0.5, 0.6) is 0 Å². The van der Waals surface area contributed by atoms with Crippen molar-refractivity contribution < 1.29 is 13.9 Å². The molecule has 9 heteroatoms. The lowest BCUT2D eigenvalue weighted by Gasteiger charge is -2.24. The summed E-state index contributed by atoms with van der Waals surface area (Å²) in [5, 5.41) is 0.834. The number of halogens is 1. The number of aryl methyl sites for hydroxylation is 2. The van der Waals surface area contributed by atoms with Crippen LogP contribution in [0.4, 0.5) is 10.2 Å². The van der Waals surface area contributed by atoms with Crippen molar-refractivity contribution in [3.8, 4) is 0 Å². The van der Waals surface area contributed by atoms with Crippen molar-refractivity contribution in [2.75, 3.05) is 5.73 Å². The molecule has 5 heterocycles. The van der Waals surface area contributed by atoms with E-state index in [1.165, 1.54) is 12.5 Å². The van der Waals surface area contributed by atoms with Gasteiger partial charge in [0.15, 0.2) is 5.79 Å². The van der Waals surface area contributed by atoms with Crippen molar-refractivity contribution in [2.45, 2.75) is 64.1 Å². The molecule has 8 nitrogen and oxygen atoms in total. The fourth-order valence-corrected chi connectivity index (χ4v) is 5.56. The van der Waals surface area contributed by atoms with Gasteiger partial charge in [-0.05, 0) is 63.6 Å². The molecule has 1 saturated heterocycles. The molecule has 0 amide bonds. The maximum absolute atomic E-state index is 14.8. The largest absolute Gasteiger partial charge is 0.383 e. The summed E-state index contributed by atoms with van der Waals surface area (Å²) in [4.78, 5) is 13.0. The molecule has 172 valence electrons. The molecular formula is C24H27FN6O2. The molecule has 0 spiro atoms. The maximum atomic E-state index is 14.8. The molecule has 4 aromatic rings. The lowest BCUT2D eigenvalue weighted by molar-refractivity contribution is -0.160. The van der Waals surface area contributed by atoms with Crippen LogP contribution in [0.2, 0.25) is 0 Å². The van der Waals surface area contributed by atoms with Crippen LogP contribution in [0.15, 0.2) is 37.1 Å². The molecule has 4 atom stereocenters. The third-order valence-corrected chi connectivity index (χ3v) is 7.10. The quantitative estimate of drug-likeness (QED) is 0.508. The molecule has 1 aliphatic heterocycles. The highest BCUT2D eigenvalue weighted by Crippen LogP contribution is 2.49. The van der Waals surface area contributed by atoms with Crippen LogP contribution in [0, 0.1) is 18.7 Å². The van der Waals surface area contributed by atoms with Crippen molar-refractivity contribution in [3.63, 3.8) is 0 Å². The summed E-state index contributed by atoms with van der Waals surface area (Å²) in [6.45, 7) is 5.81. The van der Waals surface area contributed by atoms with E-state index in [4.69, 9.17) is 15.2 Å². The van der Waals surface area contributed by atoms with Gasteiger partial charge < -0.3 is 24.2 Å². The number of aromatic nitrogens is 5. The van der Waals surface area contributed by atoms with E-state index in [0.29, 0.717) is 17.8 Å². The molecule has 1 saturated carbocycles. The fraction of sp³-hybridized carbons (Fsp3) is 0.458. The molecule has 1 aliphatic carbocycles. The van der Waals surface area contributed by atoms with Gasteiger partial charge in [0, 0.05) is 24.3 Å². The Kier molecular flexibility index (Phi) is 4.50. The van der Waals surface area contributed by atoms with Gasteiger partial charge in [0.05, 0.1) is 17.5 Å². The SMILES string of the molecule is Cc1cnc2cc(CC[C@H]3C[C@@H](n4ccc5c(N)ncnc54)[C@@H]4OC(C)(C)O[C@H]34)c(F)cn12. The lowest BCUT2D eigenvalue weighted by Crippen LogP contribution is -2.27. The van der Waals surface area contributed by atoms with E-state index in [-0.39, 0.29) is 30.0 Å². The van der Waals surface area contributed by atoms with Crippen LogP contribution in [-0.2, 0) is 15.9 Å². The molecule has 6 rings (SSSR count). The number of nitrogens with zero attached hydrogens (tertiary/aromatic N) is 5. The first-order chi connectivity index (χ1) is 15.8. The average molecular weight is 451 g/mol. The Morgan fingerprint density at radius 2 is 2.03 bits per heavy atom. The first kappa shape index (κ1) is 20.6. The average Bonchev–Trinajstić information content (AvgIpc) is 3.50. The molecule has 33 heavy (non-hydrogen) atoms. The number of rotatable bonds is 4. The third kappa shape index (κ3) is 3.29. The first-order valence-electron chi connectivity index (χ1n) is 11.4. The normalized spacial score (nSPS) is 26.4. The predicted molar refractivity (Wildman–Crippen MR) is 121 cm³/mol. The number of pyridine rings is 1. The summed E-state index contributed by atoms with van der Waals surface area (Å²) >= 11 is 0. The van der Waals surface area contributed by atoms with Gasteiger partial charge in [-0.1, -0.05) is 0 Å². The van der Waals surface area contributed by atoms with E-state index in [0.717, 1.165) is 35.2 Å². The van der Waals surface area contributed by atoms with Gasteiger partial charge in [0.1, 0.15) is 35.4 Å². The van der Waals surface area contributed by atoms with Crippen LogP contribution in [0.1, 0.15) is 44.0 Å². The van der Waals surface area contributed by atoms with Crippen LogP contribution >= 0.6 is 0 Å². The molecular weight excluding hydrogens is 423 g/mol. The molecule has 2 aliphatic rings. The van der Waals surface area contributed by atoms with Crippen molar-refractivity contribution in [2.24, 2.45) is 5.92 Å². The van der Waals surface area contributed by atoms with Gasteiger partial charge in [-0.3, -0.25) is 0 Å². The topological polar surface area (TPSA) is 92.5 Å². The number of hydrogen-bond acceptors (Lipinski definition) is 6. The van der Waals surface area contributed by atoms with Gasteiger partial charge in [-0.2, -0.15) is 0 Å². The highest BCUT2D eigenvalue weighted by atomic mass is 19.1. The smallest absolute Gasteiger partial charge is 0.163 e. The van der Waals surface area contributed by atoms with Gasteiger partial charge in [-0.25, -0.2) is 19.3 Å². The Balaban J connectivity index is 1.29. The summed E-state index contributed by atoms with van der Waals surface area (Å²) in [6.07, 6.45) is 8.86. The Morgan fingerprint density at radius 1 is 1.21 bits per heavy atom. The van der Waals surface area contributed by atoms with Crippen LogP contribution < -0.4 is 5.73 Å². The second-order valence-corrected chi connectivity index (χ2v) is 9.66. The zero-order valence-corrected chi connectivity index (χ0v) is 18.9. The van der Waals surface area contributed by atoms with E-state index in [2.05, 4.69) is 19.5 Å². The Morgan fingerprint density at radius 3 is 2.88 bits per heavy atom. The molecule has 4 aromatic heterocycles. The molecule has 0 aromatic carbocycles. The second kappa shape index (κ2) is 7.23. The van der Waals surface area contributed by atoms with Crippen LogP contribution in [-0.4, -0.2) is 41.9 Å². The van der Waals surface area contributed by atoms with Gasteiger partial charge in [-0.15, -0.1) is 0 Å². The number of anilines is 1. The highest BCUT2D eigenvalue weighted by Gasteiger charge is 2.54. The van der Waals surface area contributed by atoms with E-state index < -0.39 is 5.79 Å². The van der Waals surface area contributed by atoms with E-state index in [9.17, 15) is 4.39 Å². The van der Waals surface area contributed by atoms with Crippen molar-refractivity contribution in [1.29, 1.82) is 0 Å². The number of hydrogen-bond donors (Lipinski definition) is 1. The summed E-state index contributed by atoms with van der Waals surface area (Å²) < 4.78 is 31.4. The summed E-state index contributed by atoms with van der Waals surface area (Å²) in [5.74, 6) is -0.188. The Hall–Kier alpha value is -3.04. The van der Waals surface area contributed by atoms with E-state index in [1.807, 2.05) is 39.1 Å². The molecule has 0 unspecified atom stereocenters.